The molecule has 4 nitrogen and oxygen atoms in total. The average molecular weight is 316 g/mol. The number of allylic oxidation sites excluding steroid dienone is 3. The predicted octanol–water partition coefficient (Wildman–Crippen LogP) is 0.959. The highest BCUT2D eigenvalue weighted by Crippen LogP contribution is 2.19. The molecular weight excluding hydrogens is 305 g/mol. The Morgan fingerprint density at radius 1 is 1.32 bits per heavy atom. The molecule has 1 aromatic rings. The molecule has 2 aliphatic rings. The lowest BCUT2D eigenvalue weighted by molar-refractivity contribution is -0.117. The zero-order valence-electron chi connectivity index (χ0n) is 11.6. The number of amidine groups is 1. The number of carbonyl (C=O) groups is 1. The van der Waals surface area contributed by atoms with Crippen molar-refractivity contribution in [2.24, 2.45) is 0 Å². The topological polar surface area (TPSA) is 57.3 Å². The summed E-state index contributed by atoms with van der Waals surface area (Å²) in [7, 11) is 0. The molecule has 22 heavy (non-hydrogen) atoms. The molecule has 0 aromatic heterocycles. The molecule has 0 saturated carbocycles. The maximum atomic E-state index is 13.3. The lowest BCUT2D eigenvalue weighted by Gasteiger charge is -1.97. The van der Waals surface area contributed by atoms with Crippen molar-refractivity contribution in [2.75, 3.05) is 0 Å². The van der Waals surface area contributed by atoms with Crippen LogP contribution in [0.15, 0.2) is 42.0 Å². The van der Waals surface area contributed by atoms with Crippen molar-refractivity contribution in [3.8, 4) is 0 Å². The maximum absolute atomic E-state index is 13.3. The van der Waals surface area contributed by atoms with Gasteiger partial charge in [0, 0.05) is 19.1 Å². The van der Waals surface area contributed by atoms with Crippen LogP contribution in [0.25, 0.3) is 0 Å². The van der Waals surface area contributed by atoms with Crippen LogP contribution in [0.3, 0.4) is 0 Å². The van der Waals surface area contributed by atoms with Gasteiger partial charge in [0.1, 0.15) is 11.4 Å². The number of hydrogen-bond donors (Lipinski definition) is 1. The minimum atomic E-state index is -0.474. The Labute approximate surface area is 130 Å². The van der Waals surface area contributed by atoms with E-state index in [0.717, 1.165) is 5.57 Å². The van der Waals surface area contributed by atoms with Crippen LogP contribution in [0.5, 0.6) is 0 Å². The first-order valence-electron chi connectivity index (χ1n) is 6.53. The fraction of sp³-hybridized carbons (Fsp3) is 0.0625. The van der Waals surface area contributed by atoms with Crippen molar-refractivity contribution in [3.63, 3.8) is 0 Å². The molecule has 0 radical (unpaired) electrons. The molecule has 0 spiro atoms. The van der Waals surface area contributed by atoms with Gasteiger partial charge in [-0.05, 0) is 18.2 Å². The summed E-state index contributed by atoms with van der Waals surface area (Å²) in [5.74, 6) is -0.180. The van der Waals surface area contributed by atoms with E-state index in [4.69, 9.17) is 11.6 Å². The molecule has 0 aliphatic carbocycles. The molecule has 108 valence electrons. The van der Waals surface area contributed by atoms with Crippen molar-refractivity contribution in [1.82, 2.24) is 14.7 Å². The van der Waals surface area contributed by atoms with Crippen molar-refractivity contribution in [1.29, 1.82) is 0 Å². The summed E-state index contributed by atoms with van der Waals surface area (Å²) in [6.45, 7) is 1.42. The Hall–Kier alpha value is -2.71. The lowest BCUT2D eigenvalue weighted by atomic mass is 9.99. The van der Waals surface area contributed by atoms with Gasteiger partial charge in [-0.2, -0.15) is 5.32 Å². The smallest absolute Gasteiger partial charge is 0.247 e. The second kappa shape index (κ2) is 5.58. The fourth-order valence-corrected chi connectivity index (χ4v) is 2.36. The van der Waals surface area contributed by atoms with E-state index in [-0.39, 0.29) is 10.9 Å². The minimum absolute atomic E-state index is 0.0425. The van der Waals surface area contributed by atoms with E-state index < -0.39 is 5.82 Å². The predicted molar refractivity (Wildman–Crippen MR) is 86.9 cm³/mol. The van der Waals surface area contributed by atoms with Gasteiger partial charge in [0.05, 0.1) is 16.7 Å². The van der Waals surface area contributed by atoms with Gasteiger partial charge in [-0.1, -0.05) is 16.3 Å². The number of rotatable bonds is 2. The third-order valence-corrected chi connectivity index (χ3v) is 3.40. The van der Waals surface area contributed by atoms with Gasteiger partial charge in [0.2, 0.25) is 5.71 Å². The monoisotopic (exact) mass is 315 g/mol. The number of hydrogen-bond acceptors (Lipinski definition) is 1. The number of amides is 1. The summed E-state index contributed by atoms with van der Waals surface area (Å²) in [6, 6.07) is 4.45. The summed E-state index contributed by atoms with van der Waals surface area (Å²) in [5, 5.41) is 2.66. The molecule has 0 fully saturated rings. The molecule has 0 unspecified atom stereocenters. The fourth-order valence-electron chi connectivity index (χ4n) is 2.18. The van der Waals surface area contributed by atoms with E-state index in [2.05, 4.69) is 14.7 Å². The third kappa shape index (κ3) is 2.69. The standard InChI is InChI=1S/C16H10ClFN3O/c1-9(22)20-15-5-4-14(21-15)11-6-7-19-16(11)10-2-3-13(18)12(17)8-10/h2-8H,1H3/q+1/p+1. The number of benzene rings is 1. The Kier molecular flexibility index (Phi) is 3.61. The van der Waals surface area contributed by atoms with Crippen LogP contribution in [0, 0.1) is 5.82 Å². The Bertz CT molecular complexity index is 883. The van der Waals surface area contributed by atoms with E-state index in [9.17, 15) is 9.18 Å². The Morgan fingerprint density at radius 2 is 2.14 bits per heavy atom. The average Bonchev–Trinajstić information content (AvgIpc) is 3.09. The minimum Gasteiger partial charge on any atom is -0.247 e. The van der Waals surface area contributed by atoms with Crippen LogP contribution < -0.4 is 14.7 Å². The molecule has 2 aliphatic heterocycles. The summed E-state index contributed by atoms with van der Waals surface area (Å²) in [4.78, 5) is 11.1. The highest BCUT2D eigenvalue weighted by molar-refractivity contribution is 6.38. The number of halogens is 2. The summed E-state index contributed by atoms with van der Waals surface area (Å²) in [5.41, 5.74) is 2.83. The Balaban J connectivity index is 1.96. The molecule has 0 atom stereocenters. The number of carbonyl (C=O) groups excluding carboxylic acids is 1. The van der Waals surface area contributed by atoms with Gasteiger partial charge < -0.3 is 0 Å². The molecule has 3 rings (SSSR count). The van der Waals surface area contributed by atoms with Gasteiger partial charge in [-0.3, -0.25) is 0 Å². The van der Waals surface area contributed by atoms with Crippen LogP contribution in [-0.2, 0) is 4.79 Å². The molecule has 2 heterocycles. The van der Waals surface area contributed by atoms with Crippen LogP contribution in [0.4, 0.5) is 4.39 Å². The first kappa shape index (κ1) is 14.2. The van der Waals surface area contributed by atoms with Gasteiger partial charge in [0.15, 0.2) is 0 Å². The largest absolute Gasteiger partial charge is 0.376 e. The lowest BCUT2D eigenvalue weighted by Crippen LogP contribution is -2.27. The third-order valence-electron chi connectivity index (χ3n) is 3.11. The van der Waals surface area contributed by atoms with Crippen LogP contribution in [0.1, 0.15) is 12.5 Å². The second-order valence-electron chi connectivity index (χ2n) is 4.73. The Morgan fingerprint density at radius 3 is 2.86 bits per heavy atom. The quantitative estimate of drug-likeness (QED) is 0.812. The molecule has 0 bridgehead atoms. The van der Waals surface area contributed by atoms with Gasteiger partial charge in [-0.25, -0.2) is 13.9 Å². The summed E-state index contributed by atoms with van der Waals surface area (Å²) in [6.07, 6.45) is 6.96. The van der Waals surface area contributed by atoms with E-state index in [1.807, 2.05) is 6.08 Å². The van der Waals surface area contributed by atoms with Crippen LogP contribution in [-0.4, -0.2) is 29.4 Å². The van der Waals surface area contributed by atoms with E-state index in [1.54, 1.807) is 24.4 Å². The van der Waals surface area contributed by atoms with E-state index >= 15 is 0 Å². The first-order valence-corrected chi connectivity index (χ1v) is 6.91. The zero-order valence-corrected chi connectivity index (χ0v) is 12.4. The molecule has 1 N–H and O–H groups in total. The summed E-state index contributed by atoms with van der Waals surface area (Å²) >= 11 is 5.82. The highest BCUT2D eigenvalue weighted by atomic mass is 35.5. The molecule has 1 amide bonds. The van der Waals surface area contributed by atoms with Crippen molar-refractivity contribution >= 4 is 41.0 Å². The first-order chi connectivity index (χ1) is 10.5. The van der Waals surface area contributed by atoms with Crippen LogP contribution >= 0.6 is 11.6 Å². The molecule has 0 saturated heterocycles. The van der Waals surface area contributed by atoms with Crippen LogP contribution in [0.2, 0.25) is 5.02 Å². The zero-order chi connectivity index (χ0) is 15.7. The van der Waals surface area contributed by atoms with Gasteiger partial charge in [0.25, 0.3) is 6.21 Å². The van der Waals surface area contributed by atoms with Gasteiger partial charge in [-0.15, -0.1) is 0 Å². The molecular formula is C16H11ClFN3O+2. The molecule has 1 aromatic carbocycles. The van der Waals surface area contributed by atoms with Crippen molar-refractivity contribution in [2.45, 2.75) is 6.92 Å². The highest BCUT2D eigenvalue weighted by Gasteiger charge is 2.32. The van der Waals surface area contributed by atoms with E-state index in [0.29, 0.717) is 22.8 Å². The normalized spacial score (nSPS) is 15.4. The summed E-state index contributed by atoms with van der Waals surface area (Å²) < 4.78 is 21.9. The molecule has 6 heteroatoms. The number of nitrogens with zero attached hydrogens (tertiary/aromatic N) is 2. The van der Waals surface area contributed by atoms with Gasteiger partial charge >= 0.3 is 17.5 Å². The maximum Gasteiger partial charge on any atom is 0.376 e. The SMILES string of the molecule is CC(=O)NC1=[N+]=C(C2=CC=[N+]=C2c2ccc(F)c(Cl)c2)C=C1. The van der Waals surface area contributed by atoms with Crippen molar-refractivity contribution < 1.29 is 9.18 Å². The van der Waals surface area contributed by atoms with E-state index in [1.165, 1.54) is 19.1 Å². The number of nitrogens with one attached hydrogen (secondary N) is 1. The second-order valence-corrected chi connectivity index (χ2v) is 5.14. The van der Waals surface area contributed by atoms with Crippen molar-refractivity contribution in [3.05, 3.63) is 58.4 Å².